The van der Waals surface area contributed by atoms with E-state index in [1.807, 2.05) is 48.5 Å². The van der Waals surface area contributed by atoms with E-state index in [2.05, 4.69) is 36.3 Å². The van der Waals surface area contributed by atoms with Crippen LogP contribution in [-0.4, -0.2) is 41.1 Å². The van der Waals surface area contributed by atoms with Gasteiger partial charge in [-0.1, -0.05) is 51.4 Å². The molecule has 0 aliphatic carbocycles. The summed E-state index contributed by atoms with van der Waals surface area (Å²) in [6, 6.07) is 15.5. The monoisotopic (exact) mass is 484 g/mol. The van der Waals surface area contributed by atoms with Crippen molar-refractivity contribution in [3.63, 3.8) is 0 Å². The minimum absolute atomic E-state index is 0.0593. The third-order valence-electron chi connectivity index (χ3n) is 5.43. The molecule has 1 unspecified atom stereocenters. The van der Waals surface area contributed by atoms with Crippen LogP contribution in [0.15, 0.2) is 57.5 Å². The van der Waals surface area contributed by atoms with E-state index in [4.69, 9.17) is 9.26 Å². The zero-order chi connectivity index (χ0) is 21.6. The summed E-state index contributed by atoms with van der Waals surface area (Å²) in [4.78, 5) is 19.5. The van der Waals surface area contributed by atoms with E-state index in [1.54, 1.807) is 7.11 Å². The topological polar surface area (TPSA) is 80.5 Å². The van der Waals surface area contributed by atoms with Crippen molar-refractivity contribution in [1.82, 2.24) is 20.4 Å². The Kier molecular flexibility index (Phi) is 6.99. The normalized spacial score (nSPS) is 16.8. The Hall–Kier alpha value is -2.71. The molecule has 4 rings (SSSR count). The molecular weight excluding hydrogens is 460 g/mol. The van der Waals surface area contributed by atoms with Gasteiger partial charge in [0, 0.05) is 28.7 Å². The first-order valence-electron chi connectivity index (χ1n) is 10.3. The summed E-state index contributed by atoms with van der Waals surface area (Å²) in [5.74, 6) is 1.92. The molecule has 1 N–H and O–H groups in total. The minimum atomic E-state index is -0.0593. The number of ether oxygens (including phenoxy) is 1. The smallest absolute Gasteiger partial charge is 0.241 e. The number of aromatic nitrogens is 2. The summed E-state index contributed by atoms with van der Waals surface area (Å²) in [6.07, 6.45) is 1.83. The zero-order valence-corrected chi connectivity index (χ0v) is 19.0. The molecule has 0 spiro atoms. The van der Waals surface area contributed by atoms with E-state index < -0.39 is 0 Å². The molecule has 1 aromatic heterocycles. The van der Waals surface area contributed by atoms with Crippen molar-refractivity contribution < 1.29 is 14.1 Å². The van der Waals surface area contributed by atoms with Crippen LogP contribution in [0.25, 0.3) is 11.4 Å². The lowest BCUT2D eigenvalue weighted by atomic mass is 9.97. The van der Waals surface area contributed by atoms with Crippen molar-refractivity contribution in [1.29, 1.82) is 0 Å². The van der Waals surface area contributed by atoms with Gasteiger partial charge in [0.2, 0.25) is 17.6 Å². The van der Waals surface area contributed by atoms with Gasteiger partial charge in [-0.25, -0.2) is 0 Å². The lowest BCUT2D eigenvalue weighted by Gasteiger charge is -2.30. The number of hydrogen-bond donors (Lipinski definition) is 1. The summed E-state index contributed by atoms with van der Waals surface area (Å²) in [5, 5.41) is 7.16. The number of para-hydroxylation sites is 1. The Morgan fingerprint density at radius 2 is 2.16 bits per heavy atom. The number of nitrogens with zero attached hydrogens (tertiary/aromatic N) is 3. The second-order valence-corrected chi connectivity index (χ2v) is 8.54. The molecule has 0 radical (unpaired) electrons. The average molecular weight is 485 g/mol. The first-order chi connectivity index (χ1) is 15.1. The standard InChI is InChI=1S/C23H25BrN4O3/c1-30-20-10-3-2-6-17(20)13-25-23(29)18-8-5-11-28(14-18)15-21-26-22(27-31-21)16-7-4-9-19(24)12-16/h2-4,6-7,9-10,12,18H,5,8,11,13-15H2,1H3,(H,25,29). The maximum Gasteiger partial charge on any atom is 0.241 e. The van der Waals surface area contributed by atoms with Crippen LogP contribution >= 0.6 is 15.9 Å². The fraction of sp³-hybridized carbons (Fsp3) is 0.348. The largest absolute Gasteiger partial charge is 0.496 e. The molecule has 2 aromatic carbocycles. The lowest BCUT2D eigenvalue weighted by molar-refractivity contribution is -0.127. The molecule has 1 amide bonds. The van der Waals surface area contributed by atoms with Crippen molar-refractivity contribution in [3.8, 4) is 17.1 Å². The van der Waals surface area contributed by atoms with E-state index >= 15 is 0 Å². The fourth-order valence-electron chi connectivity index (χ4n) is 3.84. The van der Waals surface area contributed by atoms with Crippen LogP contribution in [0.2, 0.25) is 0 Å². The molecule has 1 aliphatic heterocycles. The first kappa shape index (κ1) is 21.5. The zero-order valence-electron chi connectivity index (χ0n) is 17.4. The molecule has 0 saturated carbocycles. The van der Waals surface area contributed by atoms with Crippen molar-refractivity contribution in [3.05, 3.63) is 64.5 Å². The summed E-state index contributed by atoms with van der Waals surface area (Å²) in [7, 11) is 1.64. The van der Waals surface area contributed by atoms with Gasteiger partial charge in [-0.15, -0.1) is 0 Å². The van der Waals surface area contributed by atoms with E-state index in [9.17, 15) is 4.79 Å². The fourth-order valence-corrected chi connectivity index (χ4v) is 4.24. The highest BCUT2D eigenvalue weighted by atomic mass is 79.9. The van der Waals surface area contributed by atoms with Gasteiger partial charge in [0.1, 0.15) is 5.75 Å². The lowest BCUT2D eigenvalue weighted by Crippen LogP contribution is -2.42. The number of carbonyl (C=O) groups is 1. The van der Waals surface area contributed by atoms with Gasteiger partial charge >= 0.3 is 0 Å². The molecular formula is C23H25BrN4O3. The van der Waals surface area contributed by atoms with Gasteiger partial charge < -0.3 is 14.6 Å². The highest BCUT2D eigenvalue weighted by Crippen LogP contribution is 2.23. The highest BCUT2D eigenvalue weighted by Gasteiger charge is 2.27. The molecule has 31 heavy (non-hydrogen) atoms. The van der Waals surface area contributed by atoms with Gasteiger partial charge in [-0.05, 0) is 37.6 Å². The van der Waals surface area contributed by atoms with Gasteiger partial charge in [0.15, 0.2) is 0 Å². The van der Waals surface area contributed by atoms with Gasteiger partial charge in [0.25, 0.3) is 0 Å². The quantitative estimate of drug-likeness (QED) is 0.544. The predicted molar refractivity (Wildman–Crippen MR) is 120 cm³/mol. The first-order valence-corrected chi connectivity index (χ1v) is 11.1. The van der Waals surface area contributed by atoms with Crippen molar-refractivity contribution >= 4 is 21.8 Å². The molecule has 8 heteroatoms. The van der Waals surface area contributed by atoms with Gasteiger partial charge in [-0.2, -0.15) is 4.98 Å². The number of piperidine rings is 1. The van der Waals surface area contributed by atoms with Crippen LogP contribution in [0.3, 0.4) is 0 Å². The number of likely N-dealkylation sites (tertiary alicyclic amines) is 1. The Balaban J connectivity index is 1.33. The van der Waals surface area contributed by atoms with Crippen LogP contribution in [0.4, 0.5) is 0 Å². The Morgan fingerprint density at radius 1 is 1.29 bits per heavy atom. The number of rotatable bonds is 7. The van der Waals surface area contributed by atoms with E-state index in [0.29, 0.717) is 31.3 Å². The highest BCUT2D eigenvalue weighted by molar-refractivity contribution is 9.10. The predicted octanol–water partition coefficient (Wildman–Crippen LogP) is 4.04. The molecule has 3 aromatic rings. The Labute approximate surface area is 189 Å². The summed E-state index contributed by atoms with van der Waals surface area (Å²) in [6.45, 7) is 2.58. The summed E-state index contributed by atoms with van der Waals surface area (Å²) < 4.78 is 11.8. The number of hydrogen-bond acceptors (Lipinski definition) is 6. The maximum atomic E-state index is 12.8. The molecule has 1 atom stereocenters. The second kappa shape index (κ2) is 10.1. The maximum absolute atomic E-state index is 12.8. The molecule has 1 fully saturated rings. The average Bonchev–Trinajstić information content (AvgIpc) is 3.26. The van der Waals surface area contributed by atoms with Crippen LogP contribution in [0, 0.1) is 5.92 Å². The summed E-state index contributed by atoms with van der Waals surface area (Å²) in [5.41, 5.74) is 1.87. The number of amides is 1. The Bertz CT molecular complexity index is 1040. The summed E-state index contributed by atoms with van der Waals surface area (Å²) >= 11 is 3.46. The molecule has 2 heterocycles. The second-order valence-electron chi connectivity index (χ2n) is 7.63. The Morgan fingerprint density at radius 3 is 3.00 bits per heavy atom. The van der Waals surface area contributed by atoms with Crippen LogP contribution < -0.4 is 10.1 Å². The van der Waals surface area contributed by atoms with Crippen LogP contribution in [0.1, 0.15) is 24.3 Å². The van der Waals surface area contributed by atoms with E-state index in [1.165, 1.54) is 0 Å². The number of methoxy groups -OCH3 is 1. The van der Waals surface area contributed by atoms with Crippen molar-refractivity contribution in [2.24, 2.45) is 5.92 Å². The van der Waals surface area contributed by atoms with Crippen molar-refractivity contribution in [2.45, 2.75) is 25.9 Å². The minimum Gasteiger partial charge on any atom is -0.496 e. The SMILES string of the molecule is COc1ccccc1CNC(=O)C1CCCN(Cc2nc(-c3cccc(Br)c3)no2)C1. The van der Waals surface area contributed by atoms with Crippen LogP contribution in [0.5, 0.6) is 5.75 Å². The number of halogens is 1. The number of benzene rings is 2. The van der Waals surface area contributed by atoms with Gasteiger partial charge in [0.05, 0.1) is 19.6 Å². The molecule has 7 nitrogen and oxygen atoms in total. The molecule has 1 saturated heterocycles. The molecule has 1 aliphatic rings. The third kappa shape index (κ3) is 5.51. The number of nitrogens with one attached hydrogen (secondary N) is 1. The van der Waals surface area contributed by atoms with Crippen molar-refractivity contribution in [2.75, 3.05) is 20.2 Å². The van der Waals surface area contributed by atoms with E-state index in [-0.39, 0.29) is 11.8 Å². The number of carbonyl (C=O) groups excluding carboxylic acids is 1. The van der Waals surface area contributed by atoms with E-state index in [0.717, 1.165) is 40.7 Å². The molecule has 162 valence electrons. The van der Waals surface area contributed by atoms with Crippen LogP contribution in [-0.2, 0) is 17.9 Å². The molecule has 0 bridgehead atoms. The third-order valence-corrected chi connectivity index (χ3v) is 5.92. The van der Waals surface area contributed by atoms with Gasteiger partial charge in [-0.3, -0.25) is 9.69 Å².